The molecule has 6 rings (SSSR count). The van der Waals surface area contributed by atoms with E-state index in [9.17, 15) is 51.8 Å². The number of benzene rings is 4. The fourth-order valence-corrected chi connectivity index (χ4v) is 8.27. The van der Waals surface area contributed by atoms with Gasteiger partial charge in [0.2, 0.25) is 35.4 Å². The Bertz CT molecular complexity index is 2780. The van der Waals surface area contributed by atoms with Crippen LogP contribution >= 0.6 is 0 Å². The predicted octanol–water partition coefficient (Wildman–Crippen LogP) is 3.72. The third kappa shape index (κ3) is 18.0. The Labute approximate surface area is 436 Å². The molecule has 1 aromatic heterocycles. The first-order valence-corrected chi connectivity index (χ1v) is 24.5. The van der Waals surface area contributed by atoms with Gasteiger partial charge < -0.3 is 57.2 Å². The number of nitrogens with one attached hydrogen (secondary N) is 6. The van der Waals surface area contributed by atoms with Crippen LogP contribution in [0, 0.1) is 5.92 Å². The second-order valence-corrected chi connectivity index (χ2v) is 18.6. The number of ether oxygens (including phenoxy) is 1. The number of nitrogens with zero attached hydrogens (tertiary/aromatic N) is 1. The molecule has 1 aliphatic heterocycles. The van der Waals surface area contributed by atoms with E-state index in [1.165, 1.54) is 24.0 Å². The van der Waals surface area contributed by atoms with Gasteiger partial charge >= 0.3 is 18.1 Å². The summed E-state index contributed by atoms with van der Waals surface area (Å²) in [5, 5.41) is 31.1. The lowest BCUT2D eigenvalue weighted by molar-refractivity contribution is -0.192. The van der Waals surface area contributed by atoms with Gasteiger partial charge in [0.25, 0.3) is 0 Å². The standard InChI is InChI=1S/C52H62N8O9.C2HF3O2/c1-32(2)25-42(49(65)59-44(52(68)69-31-36-15-8-5-9-16-36)28-37-29-54-41-18-11-10-17-39(37)41)58-50(66)45-19-12-24-60(45)51(67)43(27-34-13-6-4-7-14-34)57-46(62)30-55-47(63)33(3)56-48(64)40(53)26-35-20-22-38(61)23-21-35;3-2(4,5)1(6)7/h4-11,13-18,20-23,29,32-33,40,42-45,54,61H,12,19,24-28,30-31,53H2,1-3H3,(H,55,63)(H,56,64)(H,57,62)(H,58,66)(H,59,65);(H,6,7)/t33-,40+,42+,43+,44+,45+;/m1./s1. The highest BCUT2D eigenvalue weighted by atomic mass is 19.4. The minimum absolute atomic E-state index is 0.00297. The molecule has 0 radical (unpaired) electrons. The largest absolute Gasteiger partial charge is 0.508 e. The molecule has 0 aliphatic carbocycles. The molecule has 6 amide bonds. The number of carboxylic acids is 1. The lowest BCUT2D eigenvalue weighted by Crippen LogP contribution is -2.58. The van der Waals surface area contributed by atoms with Gasteiger partial charge in [0, 0.05) is 36.5 Å². The van der Waals surface area contributed by atoms with E-state index in [4.69, 9.17) is 20.4 Å². The van der Waals surface area contributed by atoms with Gasteiger partial charge in [0.05, 0.1) is 12.6 Å². The Kier molecular flexibility index (Phi) is 21.5. The van der Waals surface area contributed by atoms with E-state index < -0.39 is 96.4 Å². The number of hydrogen-bond donors (Lipinski definition) is 9. The van der Waals surface area contributed by atoms with Gasteiger partial charge in [-0.25, -0.2) is 9.59 Å². The smallest absolute Gasteiger partial charge is 0.490 e. The molecule has 0 saturated carbocycles. The van der Waals surface area contributed by atoms with Crippen LogP contribution in [0.3, 0.4) is 0 Å². The number of aliphatic carboxylic acids is 1. The lowest BCUT2D eigenvalue weighted by Gasteiger charge is -2.30. The van der Waals surface area contributed by atoms with Crippen LogP contribution in [0.15, 0.2) is 115 Å². The van der Waals surface area contributed by atoms with Gasteiger partial charge in [-0.1, -0.05) is 105 Å². The number of carbonyl (C=O) groups excluding carboxylic acids is 7. The maximum Gasteiger partial charge on any atom is 0.490 e. The number of aromatic nitrogens is 1. The molecule has 0 bridgehead atoms. The van der Waals surface area contributed by atoms with E-state index in [0.717, 1.165) is 27.6 Å². The second kappa shape index (κ2) is 27.9. The number of carboxylic acid groups (broad SMARTS) is 1. The number of carbonyl (C=O) groups is 8. The summed E-state index contributed by atoms with van der Waals surface area (Å²) in [6.07, 6.45) is -1.94. The number of halogens is 3. The van der Waals surface area contributed by atoms with E-state index in [2.05, 4.69) is 31.6 Å². The zero-order valence-corrected chi connectivity index (χ0v) is 42.1. The van der Waals surface area contributed by atoms with Crippen LogP contribution < -0.4 is 32.3 Å². The Balaban J connectivity index is 0.00000142. The highest BCUT2D eigenvalue weighted by molar-refractivity contribution is 5.97. The number of rotatable bonds is 22. The van der Waals surface area contributed by atoms with Crippen LogP contribution in [0.2, 0.25) is 0 Å². The van der Waals surface area contributed by atoms with Crippen molar-refractivity contribution in [2.45, 2.75) is 108 Å². The van der Waals surface area contributed by atoms with Crippen molar-refractivity contribution in [3.8, 4) is 5.75 Å². The Morgan fingerprint density at radius 3 is 1.96 bits per heavy atom. The van der Waals surface area contributed by atoms with Crippen LogP contribution in [0.5, 0.6) is 5.75 Å². The van der Waals surface area contributed by atoms with Gasteiger partial charge in [-0.05, 0) is 79.0 Å². The van der Waals surface area contributed by atoms with Gasteiger partial charge in [0.15, 0.2) is 0 Å². The van der Waals surface area contributed by atoms with Gasteiger partial charge in [-0.2, -0.15) is 13.2 Å². The summed E-state index contributed by atoms with van der Waals surface area (Å²) in [5.74, 6) is -6.98. The molecule has 2 heterocycles. The molecule has 6 atom stereocenters. The summed E-state index contributed by atoms with van der Waals surface area (Å²) in [4.78, 5) is 109. The average molecular weight is 1060 g/mol. The highest BCUT2D eigenvalue weighted by Gasteiger charge is 2.40. The quantitative estimate of drug-likeness (QED) is 0.0449. The summed E-state index contributed by atoms with van der Waals surface area (Å²) in [6.45, 7) is 4.94. The molecule has 0 spiro atoms. The molecule has 76 heavy (non-hydrogen) atoms. The Morgan fingerprint density at radius 1 is 0.724 bits per heavy atom. The molecular formula is C54H63F3N8O11. The fourth-order valence-electron chi connectivity index (χ4n) is 8.27. The minimum Gasteiger partial charge on any atom is -0.508 e. The van der Waals surface area contributed by atoms with Crippen molar-refractivity contribution in [3.05, 3.63) is 138 Å². The number of alkyl halides is 3. The number of phenols is 1. The minimum atomic E-state index is -5.08. The number of aromatic hydroxyl groups is 1. The second-order valence-electron chi connectivity index (χ2n) is 18.6. The van der Waals surface area contributed by atoms with E-state index in [1.807, 2.05) is 74.5 Å². The fraction of sp³-hybridized carbons (Fsp3) is 0.370. The van der Waals surface area contributed by atoms with Gasteiger partial charge in [-0.15, -0.1) is 0 Å². The van der Waals surface area contributed by atoms with Gasteiger partial charge in [-0.3, -0.25) is 28.8 Å². The maximum absolute atomic E-state index is 14.4. The first-order valence-electron chi connectivity index (χ1n) is 24.5. The first-order chi connectivity index (χ1) is 36.1. The van der Waals surface area contributed by atoms with E-state index >= 15 is 0 Å². The summed E-state index contributed by atoms with van der Waals surface area (Å²) in [7, 11) is 0. The molecule has 1 saturated heterocycles. The number of phenolic OH excluding ortho intramolecular Hbond substituents is 1. The zero-order chi connectivity index (χ0) is 55.5. The number of H-pyrrole nitrogens is 1. The van der Waals surface area contributed by atoms with Crippen molar-refractivity contribution in [1.82, 2.24) is 36.5 Å². The topological polar surface area (TPSA) is 291 Å². The number of fused-ring (bicyclic) bond motifs is 1. The summed E-state index contributed by atoms with van der Waals surface area (Å²) < 4.78 is 37.5. The number of hydrogen-bond acceptors (Lipinski definition) is 11. The summed E-state index contributed by atoms with van der Waals surface area (Å²) in [5.41, 5.74) is 9.94. The zero-order valence-electron chi connectivity index (χ0n) is 42.1. The van der Waals surface area contributed by atoms with Crippen molar-refractivity contribution in [2.75, 3.05) is 13.1 Å². The van der Waals surface area contributed by atoms with E-state index in [-0.39, 0.29) is 50.5 Å². The molecule has 1 fully saturated rings. The number of likely N-dealkylation sites (tertiary alicyclic amines) is 1. The van der Waals surface area contributed by atoms with Crippen molar-refractivity contribution >= 4 is 58.3 Å². The predicted molar refractivity (Wildman–Crippen MR) is 272 cm³/mol. The molecule has 10 N–H and O–H groups in total. The third-order valence-corrected chi connectivity index (χ3v) is 12.2. The number of esters is 1. The molecule has 1 aliphatic rings. The molecule has 22 heteroatoms. The molecule has 4 aromatic carbocycles. The third-order valence-electron chi connectivity index (χ3n) is 12.2. The normalized spacial score (nSPS) is 15.2. The Hall–Kier alpha value is -8.27. The first kappa shape index (κ1) is 58.6. The number of nitrogens with two attached hydrogens (primary N) is 1. The van der Waals surface area contributed by atoms with Crippen LogP contribution in [0.1, 0.15) is 62.3 Å². The molecule has 406 valence electrons. The van der Waals surface area contributed by atoms with Crippen molar-refractivity contribution in [3.63, 3.8) is 0 Å². The van der Waals surface area contributed by atoms with Crippen LogP contribution in [0.25, 0.3) is 10.9 Å². The van der Waals surface area contributed by atoms with E-state index in [1.54, 1.807) is 42.6 Å². The van der Waals surface area contributed by atoms with Crippen molar-refractivity contribution in [1.29, 1.82) is 0 Å². The maximum atomic E-state index is 14.4. The Morgan fingerprint density at radius 2 is 1.33 bits per heavy atom. The lowest BCUT2D eigenvalue weighted by atomic mass is 10.0. The van der Waals surface area contributed by atoms with Gasteiger partial charge in [0.1, 0.15) is 42.6 Å². The van der Waals surface area contributed by atoms with Crippen LogP contribution in [-0.4, -0.2) is 123 Å². The molecule has 5 aromatic rings. The van der Waals surface area contributed by atoms with Crippen molar-refractivity contribution in [2.24, 2.45) is 11.7 Å². The molecule has 19 nitrogen and oxygen atoms in total. The highest BCUT2D eigenvalue weighted by Crippen LogP contribution is 2.23. The van der Waals surface area contributed by atoms with Crippen LogP contribution in [-0.2, 0) is 69.0 Å². The van der Waals surface area contributed by atoms with Crippen molar-refractivity contribution < 1.29 is 66.5 Å². The summed E-state index contributed by atoms with van der Waals surface area (Å²) >= 11 is 0. The number of amides is 6. The summed E-state index contributed by atoms with van der Waals surface area (Å²) in [6, 6.07) is 25.7. The SMILES string of the molecule is CC(C)C[C@H](NC(=O)[C@@H]1CCCN1C(=O)[C@H](Cc1ccccc1)NC(=O)CNC(=O)[C@@H](C)NC(=O)[C@@H](N)Cc1ccc(O)cc1)C(=O)N[C@@H](Cc1c[nH]c2ccccc12)C(=O)OCc1ccccc1.O=C(O)C(F)(F)F. The monoisotopic (exact) mass is 1060 g/mol. The molecular weight excluding hydrogens is 994 g/mol. The van der Waals surface area contributed by atoms with Crippen LogP contribution in [0.4, 0.5) is 13.2 Å². The van der Waals surface area contributed by atoms with E-state index in [0.29, 0.717) is 18.4 Å². The number of aromatic amines is 1. The number of para-hydroxylation sites is 1. The molecule has 0 unspecified atom stereocenters. The average Bonchev–Trinajstić information content (AvgIpc) is 4.05.